The van der Waals surface area contributed by atoms with Crippen molar-refractivity contribution in [3.8, 4) is 11.5 Å². The standard InChI is InChI=1S/C18H27N3O4/c1-4-20(13-18(23)21-9-8-19-17(22)12-21)11-14-6-7-15(25-5-2)16(10-14)24-3/h6-7,10H,4-5,8-9,11-13H2,1-3H3,(H,19,22). The maximum Gasteiger partial charge on any atom is 0.239 e. The Kier molecular flexibility index (Phi) is 7.06. The third-order valence-corrected chi connectivity index (χ3v) is 4.13. The molecule has 1 aliphatic heterocycles. The fourth-order valence-corrected chi connectivity index (χ4v) is 2.77. The van der Waals surface area contributed by atoms with Crippen LogP contribution in [0.15, 0.2) is 18.2 Å². The number of methoxy groups -OCH3 is 1. The summed E-state index contributed by atoms with van der Waals surface area (Å²) in [6, 6.07) is 5.81. The molecule has 138 valence electrons. The van der Waals surface area contributed by atoms with Crippen LogP contribution in [-0.4, -0.2) is 68.1 Å². The minimum Gasteiger partial charge on any atom is -0.493 e. The van der Waals surface area contributed by atoms with Crippen LogP contribution in [0.25, 0.3) is 0 Å². The Morgan fingerprint density at radius 1 is 1.32 bits per heavy atom. The van der Waals surface area contributed by atoms with Crippen molar-refractivity contribution < 1.29 is 19.1 Å². The lowest BCUT2D eigenvalue weighted by atomic mass is 10.2. The predicted octanol–water partition coefficient (Wildman–Crippen LogP) is 0.874. The van der Waals surface area contributed by atoms with E-state index >= 15 is 0 Å². The molecule has 1 heterocycles. The van der Waals surface area contributed by atoms with Gasteiger partial charge in [-0.1, -0.05) is 13.0 Å². The van der Waals surface area contributed by atoms with E-state index in [4.69, 9.17) is 9.47 Å². The fourth-order valence-electron chi connectivity index (χ4n) is 2.77. The van der Waals surface area contributed by atoms with E-state index in [1.807, 2.05) is 36.9 Å². The van der Waals surface area contributed by atoms with Gasteiger partial charge in [0.05, 0.1) is 26.8 Å². The van der Waals surface area contributed by atoms with E-state index in [1.165, 1.54) is 0 Å². The van der Waals surface area contributed by atoms with Gasteiger partial charge in [0.25, 0.3) is 0 Å². The summed E-state index contributed by atoms with van der Waals surface area (Å²) in [6.45, 7) is 7.42. The number of hydrogen-bond acceptors (Lipinski definition) is 5. The fraction of sp³-hybridized carbons (Fsp3) is 0.556. The predicted molar refractivity (Wildman–Crippen MR) is 94.7 cm³/mol. The van der Waals surface area contributed by atoms with Crippen molar-refractivity contribution in [1.82, 2.24) is 15.1 Å². The third kappa shape index (κ3) is 5.35. The second kappa shape index (κ2) is 9.27. The van der Waals surface area contributed by atoms with Crippen molar-refractivity contribution in [2.24, 2.45) is 0 Å². The van der Waals surface area contributed by atoms with Gasteiger partial charge in [0.1, 0.15) is 0 Å². The van der Waals surface area contributed by atoms with Gasteiger partial charge in [0, 0.05) is 19.6 Å². The van der Waals surface area contributed by atoms with Crippen molar-refractivity contribution in [3.63, 3.8) is 0 Å². The molecule has 2 amide bonds. The molecular weight excluding hydrogens is 322 g/mol. The molecule has 0 unspecified atom stereocenters. The highest BCUT2D eigenvalue weighted by molar-refractivity contribution is 5.86. The summed E-state index contributed by atoms with van der Waals surface area (Å²) in [6.07, 6.45) is 0. The Morgan fingerprint density at radius 3 is 2.76 bits per heavy atom. The Balaban J connectivity index is 1.99. The molecule has 0 bridgehead atoms. The first-order valence-electron chi connectivity index (χ1n) is 8.63. The maximum atomic E-state index is 12.4. The molecule has 1 aromatic carbocycles. The zero-order valence-corrected chi connectivity index (χ0v) is 15.2. The summed E-state index contributed by atoms with van der Waals surface area (Å²) in [7, 11) is 1.62. The van der Waals surface area contributed by atoms with Crippen molar-refractivity contribution in [2.75, 3.05) is 46.4 Å². The average molecular weight is 349 g/mol. The van der Waals surface area contributed by atoms with Crippen LogP contribution in [-0.2, 0) is 16.1 Å². The van der Waals surface area contributed by atoms with Crippen LogP contribution in [0, 0.1) is 0 Å². The molecule has 0 radical (unpaired) electrons. The molecule has 1 aliphatic rings. The van der Waals surface area contributed by atoms with Crippen LogP contribution in [0.3, 0.4) is 0 Å². The molecule has 25 heavy (non-hydrogen) atoms. The molecule has 0 aliphatic carbocycles. The van der Waals surface area contributed by atoms with Gasteiger partial charge in [-0.2, -0.15) is 0 Å². The Morgan fingerprint density at radius 2 is 2.12 bits per heavy atom. The highest BCUT2D eigenvalue weighted by Gasteiger charge is 2.22. The molecule has 0 saturated carbocycles. The quantitative estimate of drug-likeness (QED) is 0.754. The molecule has 1 fully saturated rings. The number of ether oxygens (including phenoxy) is 2. The lowest BCUT2D eigenvalue weighted by Gasteiger charge is -2.29. The van der Waals surface area contributed by atoms with E-state index in [9.17, 15) is 9.59 Å². The zero-order chi connectivity index (χ0) is 18.2. The number of benzene rings is 1. The highest BCUT2D eigenvalue weighted by atomic mass is 16.5. The number of rotatable bonds is 8. The number of likely N-dealkylation sites (N-methyl/N-ethyl adjacent to an activating group) is 1. The second-order valence-corrected chi connectivity index (χ2v) is 5.89. The molecule has 1 aromatic rings. The number of amides is 2. The Bertz CT molecular complexity index is 606. The number of nitrogens with zero attached hydrogens (tertiary/aromatic N) is 2. The van der Waals surface area contributed by atoms with E-state index in [-0.39, 0.29) is 18.4 Å². The van der Waals surface area contributed by atoms with Crippen LogP contribution in [0.5, 0.6) is 11.5 Å². The first-order chi connectivity index (χ1) is 12.1. The van der Waals surface area contributed by atoms with Crippen molar-refractivity contribution in [1.29, 1.82) is 0 Å². The molecule has 7 nitrogen and oxygen atoms in total. The molecule has 0 atom stereocenters. The summed E-state index contributed by atoms with van der Waals surface area (Å²) in [4.78, 5) is 27.5. The molecule has 0 aromatic heterocycles. The van der Waals surface area contributed by atoms with Gasteiger partial charge in [-0.25, -0.2) is 0 Å². The van der Waals surface area contributed by atoms with Crippen LogP contribution in [0.2, 0.25) is 0 Å². The van der Waals surface area contributed by atoms with E-state index in [1.54, 1.807) is 12.0 Å². The van der Waals surface area contributed by atoms with Crippen molar-refractivity contribution >= 4 is 11.8 Å². The lowest BCUT2D eigenvalue weighted by Crippen LogP contribution is -2.52. The van der Waals surface area contributed by atoms with Gasteiger partial charge in [0.15, 0.2) is 11.5 Å². The van der Waals surface area contributed by atoms with Crippen LogP contribution in [0.4, 0.5) is 0 Å². The van der Waals surface area contributed by atoms with E-state index in [2.05, 4.69) is 5.32 Å². The smallest absolute Gasteiger partial charge is 0.239 e. The van der Waals surface area contributed by atoms with Crippen LogP contribution in [0.1, 0.15) is 19.4 Å². The van der Waals surface area contributed by atoms with E-state index in [0.29, 0.717) is 44.3 Å². The molecule has 1 N–H and O–H groups in total. The van der Waals surface area contributed by atoms with Crippen molar-refractivity contribution in [3.05, 3.63) is 23.8 Å². The number of piperazine rings is 1. The van der Waals surface area contributed by atoms with Gasteiger partial charge >= 0.3 is 0 Å². The number of hydrogen-bond donors (Lipinski definition) is 1. The van der Waals surface area contributed by atoms with Crippen LogP contribution < -0.4 is 14.8 Å². The normalized spacial score (nSPS) is 14.4. The molecule has 0 spiro atoms. The molecule has 2 rings (SSSR count). The molecular formula is C18H27N3O4. The van der Waals surface area contributed by atoms with Gasteiger partial charge < -0.3 is 19.7 Å². The van der Waals surface area contributed by atoms with Crippen LogP contribution >= 0.6 is 0 Å². The Labute approximate surface area is 148 Å². The first-order valence-corrected chi connectivity index (χ1v) is 8.63. The summed E-state index contributed by atoms with van der Waals surface area (Å²) >= 11 is 0. The van der Waals surface area contributed by atoms with Gasteiger partial charge in [-0.3, -0.25) is 14.5 Å². The first kappa shape index (κ1) is 19.1. The summed E-state index contributed by atoms with van der Waals surface area (Å²) < 4.78 is 10.9. The second-order valence-electron chi connectivity index (χ2n) is 5.89. The minimum atomic E-state index is -0.0982. The maximum absolute atomic E-state index is 12.4. The highest BCUT2D eigenvalue weighted by Crippen LogP contribution is 2.28. The van der Waals surface area contributed by atoms with Crippen molar-refractivity contribution in [2.45, 2.75) is 20.4 Å². The number of carbonyl (C=O) groups is 2. The summed E-state index contributed by atoms with van der Waals surface area (Å²) in [5.41, 5.74) is 1.05. The lowest BCUT2D eigenvalue weighted by molar-refractivity contribution is -0.139. The summed E-state index contributed by atoms with van der Waals surface area (Å²) in [5.74, 6) is 1.29. The third-order valence-electron chi connectivity index (χ3n) is 4.13. The monoisotopic (exact) mass is 349 g/mol. The molecule has 1 saturated heterocycles. The topological polar surface area (TPSA) is 71.1 Å². The number of nitrogens with one attached hydrogen (secondary N) is 1. The average Bonchev–Trinajstić information content (AvgIpc) is 2.62. The van der Waals surface area contributed by atoms with E-state index in [0.717, 1.165) is 12.1 Å². The van der Waals surface area contributed by atoms with Gasteiger partial charge in [-0.05, 0) is 31.2 Å². The minimum absolute atomic E-state index is 0.0189. The summed E-state index contributed by atoms with van der Waals surface area (Å²) in [5, 5.41) is 2.73. The SMILES string of the molecule is CCOc1ccc(CN(CC)CC(=O)N2CCNC(=O)C2)cc1OC. The largest absolute Gasteiger partial charge is 0.493 e. The number of carbonyl (C=O) groups excluding carboxylic acids is 2. The zero-order valence-electron chi connectivity index (χ0n) is 15.2. The molecule has 7 heteroatoms. The Hall–Kier alpha value is -2.28. The van der Waals surface area contributed by atoms with E-state index < -0.39 is 0 Å². The van der Waals surface area contributed by atoms with Gasteiger partial charge in [0.2, 0.25) is 11.8 Å². The van der Waals surface area contributed by atoms with Gasteiger partial charge in [-0.15, -0.1) is 0 Å².